The molecule has 2 nitrogen and oxygen atoms in total. The lowest BCUT2D eigenvalue weighted by Gasteiger charge is -2.44. The average molecular weight is 357 g/mol. The SMILES string of the molecule is c1ccc2c(c1)OC1(CCCCC1)C[C@@H]2NCc1cccc2ccccc12. The summed E-state index contributed by atoms with van der Waals surface area (Å²) in [6.07, 6.45) is 7.38. The molecule has 3 aromatic rings. The van der Waals surface area contributed by atoms with Crippen LogP contribution < -0.4 is 10.1 Å². The van der Waals surface area contributed by atoms with Gasteiger partial charge < -0.3 is 10.1 Å². The second-order valence-electron chi connectivity index (χ2n) is 8.16. The first kappa shape index (κ1) is 16.8. The Labute approximate surface area is 161 Å². The molecule has 27 heavy (non-hydrogen) atoms. The number of benzene rings is 3. The smallest absolute Gasteiger partial charge is 0.124 e. The van der Waals surface area contributed by atoms with Gasteiger partial charge in [-0.3, -0.25) is 0 Å². The van der Waals surface area contributed by atoms with Gasteiger partial charge in [-0.15, -0.1) is 0 Å². The van der Waals surface area contributed by atoms with Crippen molar-refractivity contribution in [1.82, 2.24) is 5.32 Å². The number of ether oxygens (including phenoxy) is 1. The molecule has 1 atom stereocenters. The van der Waals surface area contributed by atoms with E-state index in [1.54, 1.807) is 0 Å². The summed E-state index contributed by atoms with van der Waals surface area (Å²) < 4.78 is 6.57. The Morgan fingerprint density at radius 1 is 0.852 bits per heavy atom. The monoisotopic (exact) mass is 357 g/mol. The topological polar surface area (TPSA) is 21.3 Å². The number of hydrogen-bond acceptors (Lipinski definition) is 2. The quantitative estimate of drug-likeness (QED) is 0.606. The van der Waals surface area contributed by atoms with Crippen molar-refractivity contribution in [2.24, 2.45) is 0 Å². The van der Waals surface area contributed by atoms with E-state index >= 15 is 0 Å². The minimum Gasteiger partial charge on any atom is -0.487 e. The molecule has 0 unspecified atom stereocenters. The zero-order chi connectivity index (χ0) is 18.1. The lowest BCUT2D eigenvalue weighted by atomic mass is 9.77. The van der Waals surface area contributed by atoms with Crippen LogP contribution in [-0.2, 0) is 6.54 Å². The molecule has 5 rings (SSSR count). The fourth-order valence-corrected chi connectivity index (χ4v) is 4.98. The highest BCUT2D eigenvalue weighted by Gasteiger charge is 2.41. The molecule has 1 aliphatic carbocycles. The van der Waals surface area contributed by atoms with Gasteiger partial charge in [-0.2, -0.15) is 0 Å². The first-order valence-electron chi connectivity index (χ1n) is 10.3. The third kappa shape index (κ3) is 3.23. The van der Waals surface area contributed by atoms with Gasteiger partial charge in [0.05, 0.1) is 0 Å². The van der Waals surface area contributed by atoms with Crippen LogP contribution in [0.15, 0.2) is 66.7 Å². The van der Waals surface area contributed by atoms with Crippen LogP contribution in [0.5, 0.6) is 5.75 Å². The number of rotatable bonds is 3. The van der Waals surface area contributed by atoms with Crippen molar-refractivity contribution < 1.29 is 4.74 Å². The van der Waals surface area contributed by atoms with Gasteiger partial charge in [-0.05, 0) is 48.1 Å². The van der Waals surface area contributed by atoms with E-state index < -0.39 is 0 Å². The van der Waals surface area contributed by atoms with Crippen molar-refractivity contribution in [3.8, 4) is 5.75 Å². The van der Waals surface area contributed by atoms with Crippen LogP contribution in [0.1, 0.15) is 55.7 Å². The van der Waals surface area contributed by atoms with Gasteiger partial charge in [0.1, 0.15) is 11.4 Å². The van der Waals surface area contributed by atoms with Gasteiger partial charge in [0.25, 0.3) is 0 Å². The highest BCUT2D eigenvalue weighted by atomic mass is 16.5. The molecule has 1 spiro atoms. The van der Waals surface area contributed by atoms with Gasteiger partial charge in [0, 0.05) is 24.6 Å². The number of hydrogen-bond donors (Lipinski definition) is 1. The van der Waals surface area contributed by atoms with E-state index in [0.717, 1.165) is 18.7 Å². The van der Waals surface area contributed by atoms with Crippen LogP contribution in [0.25, 0.3) is 10.8 Å². The molecule has 1 fully saturated rings. The molecule has 1 saturated carbocycles. The fraction of sp³-hybridized carbons (Fsp3) is 0.360. The summed E-state index contributed by atoms with van der Waals surface area (Å²) in [6.45, 7) is 0.885. The van der Waals surface area contributed by atoms with Crippen molar-refractivity contribution in [1.29, 1.82) is 0 Å². The fourth-order valence-electron chi connectivity index (χ4n) is 4.98. The molecular weight excluding hydrogens is 330 g/mol. The van der Waals surface area contributed by atoms with Crippen LogP contribution in [0, 0.1) is 0 Å². The number of fused-ring (bicyclic) bond motifs is 2. The molecule has 3 aromatic carbocycles. The maximum absolute atomic E-state index is 6.57. The average Bonchev–Trinajstić information content (AvgIpc) is 2.72. The molecule has 0 aromatic heterocycles. The van der Waals surface area contributed by atoms with E-state index in [1.807, 2.05) is 0 Å². The van der Waals surface area contributed by atoms with Crippen molar-refractivity contribution in [2.75, 3.05) is 0 Å². The van der Waals surface area contributed by atoms with Crippen molar-refractivity contribution in [3.05, 3.63) is 77.9 Å². The molecule has 1 heterocycles. The third-order valence-corrected chi connectivity index (χ3v) is 6.38. The maximum Gasteiger partial charge on any atom is 0.124 e. The van der Waals surface area contributed by atoms with Crippen LogP contribution in [-0.4, -0.2) is 5.60 Å². The standard InChI is InChI=1S/C25H27NO/c1-6-15-25(16-7-1)17-23(22-13-4-5-14-24(22)27-25)26-18-20-11-8-10-19-9-2-3-12-21(19)20/h2-5,8-14,23,26H,1,6-7,15-18H2/t23-/m0/s1. The van der Waals surface area contributed by atoms with E-state index in [0.29, 0.717) is 6.04 Å². The van der Waals surface area contributed by atoms with Gasteiger partial charge in [-0.25, -0.2) is 0 Å². The van der Waals surface area contributed by atoms with Gasteiger partial charge in [0.15, 0.2) is 0 Å². The first-order valence-corrected chi connectivity index (χ1v) is 10.3. The number of nitrogens with one attached hydrogen (secondary N) is 1. The van der Waals surface area contributed by atoms with Crippen LogP contribution in [0.3, 0.4) is 0 Å². The van der Waals surface area contributed by atoms with E-state index in [4.69, 9.17) is 4.74 Å². The Morgan fingerprint density at radius 2 is 1.63 bits per heavy atom. The molecule has 1 aliphatic heterocycles. The summed E-state index contributed by atoms with van der Waals surface area (Å²) >= 11 is 0. The van der Waals surface area contributed by atoms with Crippen LogP contribution >= 0.6 is 0 Å². The van der Waals surface area contributed by atoms with E-state index in [9.17, 15) is 0 Å². The second-order valence-corrected chi connectivity index (χ2v) is 8.16. The summed E-state index contributed by atoms with van der Waals surface area (Å²) in [5.74, 6) is 1.08. The summed E-state index contributed by atoms with van der Waals surface area (Å²) in [5.41, 5.74) is 2.71. The van der Waals surface area contributed by atoms with E-state index in [2.05, 4.69) is 72.0 Å². The van der Waals surface area contributed by atoms with Gasteiger partial charge in [0.2, 0.25) is 0 Å². The molecule has 0 bridgehead atoms. The molecule has 2 aliphatic rings. The summed E-state index contributed by atoms with van der Waals surface area (Å²) in [5, 5.41) is 6.54. The lowest BCUT2D eigenvalue weighted by Crippen LogP contribution is -2.45. The highest BCUT2D eigenvalue weighted by molar-refractivity contribution is 5.85. The Morgan fingerprint density at radius 3 is 2.56 bits per heavy atom. The Bertz CT molecular complexity index is 936. The molecular formula is C25H27NO. The predicted octanol–water partition coefficient (Wildman–Crippen LogP) is 6.16. The normalized spacial score (nSPS) is 21.0. The highest BCUT2D eigenvalue weighted by Crippen LogP contribution is 2.46. The summed E-state index contributed by atoms with van der Waals surface area (Å²) in [6, 6.07) is 24.2. The van der Waals surface area contributed by atoms with Crippen molar-refractivity contribution >= 4 is 10.8 Å². The minimum atomic E-state index is 0.0308. The molecule has 138 valence electrons. The lowest BCUT2D eigenvalue weighted by molar-refractivity contribution is -0.00288. The van der Waals surface area contributed by atoms with Crippen molar-refractivity contribution in [2.45, 2.75) is 56.7 Å². The maximum atomic E-state index is 6.57. The molecule has 1 N–H and O–H groups in total. The molecule has 2 heteroatoms. The third-order valence-electron chi connectivity index (χ3n) is 6.38. The number of para-hydroxylation sites is 1. The second kappa shape index (κ2) is 7.01. The first-order chi connectivity index (χ1) is 13.3. The summed E-state index contributed by atoms with van der Waals surface area (Å²) in [7, 11) is 0. The Kier molecular flexibility index (Phi) is 4.37. The van der Waals surface area contributed by atoms with Gasteiger partial charge in [-0.1, -0.05) is 67.1 Å². The zero-order valence-corrected chi connectivity index (χ0v) is 15.8. The van der Waals surface area contributed by atoms with Crippen molar-refractivity contribution in [3.63, 3.8) is 0 Å². The zero-order valence-electron chi connectivity index (χ0n) is 15.8. The molecule has 0 radical (unpaired) electrons. The molecule has 0 amide bonds. The Balaban J connectivity index is 1.43. The molecule has 0 saturated heterocycles. The largest absolute Gasteiger partial charge is 0.487 e. The van der Waals surface area contributed by atoms with Crippen LogP contribution in [0.4, 0.5) is 0 Å². The summed E-state index contributed by atoms with van der Waals surface area (Å²) in [4.78, 5) is 0. The van der Waals surface area contributed by atoms with E-state index in [-0.39, 0.29) is 5.60 Å². The predicted molar refractivity (Wildman–Crippen MR) is 111 cm³/mol. The van der Waals surface area contributed by atoms with Gasteiger partial charge >= 0.3 is 0 Å². The van der Waals surface area contributed by atoms with E-state index in [1.165, 1.54) is 54.0 Å². The van der Waals surface area contributed by atoms with Crippen LogP contribution in [0.2, 0.25) is 0 Å². The Hall–Kier alpha value is -2.32. The minimum absolute atomic E-state index is 0.0308.